The minimum Gasteiger partial charge on any atom is -0.355 e. The lowest BCUT2D eigenvalue weighted by Gasteiger charge is -2.17. The average Bonchev–Trinajstić information content (AvgIpc) is 2.41. The minimum atomic E-state index is -0.251. The summed E-state index contributed by atoms with van der Waals surface area (Å²) in [6, 6.07) is 6.39. The zero-order chi connectivity index (χ0) is 14.1. The van der Waals surface area contributed by atoms with E-state index in [0.717, 1.165) is 25.2 Å². The summed E-state index contributed by atoms with van der Waals surface area (Å²) in [5, 5.41) is 2.89. The van der Waals surface area contributed by atoms with Crippen molar-refractivity contribution in [1.29, 1.82) is 0 Å². The molecule has 1 aromatic rings. The molecule has 0 radical (unpaired) electrons. The van der Waals surface area contributed by atoms with Gasteiger partial charge in [-0.2, -0.15) is 0 Å². The number of rotatable bonds is 8. The van der Waals surface area contributed by atoms with Crippen molar-refractivity contribution >= 4 is 5.91 Å². The van der Waals surface area contributed by atoms with Gasteiger partial charge in [0.25, 0.3) is 0 Å². The lowest BCUT2D eigenvalue weighted by molar-refractivity contribution is -0.121. The molecule has 106 valence electrons. The summed E-state index contributed by atoms with van der Waals surface area (Å²) < 4.78 is 13.0. The lowest BCUT2D eigenvalue weighted by atomic mass is 10.1. The first kappa shape index (κ1) is 15.6. The van der Waals surface area contributed by atoms with E-state index in [4.69, 9.17) is 0 Å². The van der Waals surface area contributed by atoms with Crippen molar-refractivity contribution in [3.05, 3.63) is 35.6 Å². The summed E-state index contributed by atoms with van der Waals surface area (Å²) >= 11 is 0. The summed E-state index contributed by atoms with van der Waals surface area (Å²) in [4.78, 5) is 13.9. The van der Waals surface area contributed by atoms with E-state index in [9.17, 15) is 9.18 Å². The van der Waals surface area contributed by atoms with Crippen LogP contribution in [0.3, 0.4) is 0 Å². The molecule has 0 aromatic heterocycles. The number of aryl methyl sites for hydroxylation is 1. The minimum absolute atomic E-state index is 0.0245. The molecule has 0 aliphatic carbocycles. The Bertz CT molecular complexity index is 391. The Balaban J connectivity index is 2.21. The van der Waals surface area contributed by atoms with Crippen LogP contribution in [0.4, 0.5) is 4.39 Å². The molecule has 0 bridgehead atoms. The molecule has 0 aliphatic heterocycles. The van der Waals surface area contributed by atoms with Crippen LogP contribution in [0.5, 0.6) is 0 Å². The number of likely N-dealkylation sites (N-methyl/N-ethyl adjacent to an activating group) is 1. The van der Waals surface area contributed by atoms with Crippen LogP contribution in [0.2, 0.25) is 0 Å². The third kappa shape index (κ3) is 6.34. The molecule has 1 rings (SSSR count). The Morgan fingerprint density at radius 3 is 2.68 bits per heavy atom. The molecule has 1 aromatic carbocycles. The van der Waals surface area contributed by atoms with Gasteiger partial charge in [0.2, 0.25) is 5.91 Å². The third-order valence-corrected chi connectivity index (χ3v) is 3.17. The highest BCUT2D eigenvalue weighted by molar-refractivity contribution is 5.76. The Morgan fingerprint density at radius 2 is 2.05 bits per heavy atom. The van der Waals surface area contributed by atoms with E-state index >= 15 is 0 Å². The van der Waals surface area contributed by atoms with Crippen LogP contribution in [0, 0.1) is 5.82 Å². The number of amides is 1. The Labute approximate surface area is 114 Å². The van der Waals surface area contributed by atoms with Crippen LogP contribution in [-0.2, 0) is 11.2 Å². The SMILES string of the molecule is CCN(CC)CCNC(=O)CCc1cccc(F)c1. The first-order valence-corrected chi connectivity index (χ1v) is 6.89. The number of nitrogens with zero attached hydrogens (tertiary/aromatic N) is 1. The van der Waals surface area contributed by atoms with Gasteiger partial charge in [-0.25, -0.2) is 4.39 Å². The zero-order valence-electron chi connectivity index (χ0n) is 11.8. The van der Waals surface area contributed by atoms with Gasteiger partial charge in [0.15, 0.2) is 0 Å². The smallest absolute Gasteiger partial charge is 0.220 e. The maximum atomic E-state index is 13.0. The van der Waals surface area contributed by atoms with Gasteiger partial charge < -0.3 is 10.2 Å². The Kier molecular flexibility index (Phi) is 7.11. The highest BCUT2D eigenvalue weighted by atomic mass is 19.1. The van der Waals surface area contributed by atoms with Crippen LogP contribution < -0.4 is 5.32 Å². The van der Waals surface area contributed by atoms with Crippen LogP contribution in [-0.4, -0.2) is 37.0 Å². The largest absolute Gasteiger partial charge is 0.355 e. The van der Waals surface area contributed by atoms with Gasteiger partial charge in [-0.3, -0.25) is 4.79 Å². The lowest BCUT2D eigenvalue weighted by Crippen LogP contribution is -2.34. The van der Waals surface area contributed by atoms with Gasteiger partial charge in [-0.05, 0) is 37.2 Å². The van der Waals surface area contributed by atoms with Gasteiger partial charge >= 0.3 is 0 Å². The predicted molar refractivity (Wildman–Crippen MR) is 75.5 cm³/mol. The molecule has 0 spiro atoms. The van der Waals surface area contributed by atoms with Crippen molar-refractivity contribution < 1.29 is 9.18 Å². The van der Waals surface area contributed by atoms with Crippen molar-refractivity contribution in [2.45, 2.75) is 26.7 Å². The second-order valence-corrected chi connectivity index (χ2v) is 4.51. The molecule has 0 saturated carbocycles. The number of hydrogen-bond acceptors (Lipinski definition) is 2. The van der Waals surface area contributed by atoms with E-state index in [-0.39, 0.29) is 11.7 Å². The van der Waals surface area contributed by atoms with E-state index < -0.39 is 0 Å². The fourth-order valence-electron chi connectivity index (χ4n) is 1.93. The summed E-state index contributed by atoms with van der Waals surface area (Å²) in [6.07, 6.45) is 0.983. The Morgan fingerprint density at radius 1 is 1.32 bits per heavy atom. The molecule has 1 amide bonds. The molecule has 0 heterocycles. The molecule has 19 heavy (non-hydrogen) atoms. The van der Waals surface area contributed by atoms with Crippen molar-refractivity contribution in [1.82, 2.24) is 10.2 Å². The zero-order valence-corrected chi connectivity index (χ0v) is 11.8. The molecule has 1 N–H and O–H groups in total. The maximum absolute atomic E-state index is 13.0. The van der Waals surface area contributed by atoms with Crippen molar-refractivity contribution in [2.24, 2.45) is 0 Å². The van der Waals surface area contributed by atoms with E-state index in [1.807, 2.05) is 6.07 Å². The first-order chi connectivity index (χ1) is 9.15. The van der Waals surface area contributed by atoms with E-state index in [1.165, 1.54) is 12.1 Å². The molecule has 0 fully saturated rings. The van der Waals surface area contributed by atoms with Crippen molar-refractivity contribution in [2.75, 3.05) is 26.2 Å². The molecule has 4 heteroatoms. The molecule has 0 atom stereocenters. The second kappa shape index (κ2) is 8.64. The molecule has 0 unspecified atom stereocenters. The van der Waals surface area contributed by atoms with Gasteiger partial charge in [-0.1, -0.05) is 26.0 Å². The van der Waals surface area contributed by atoms with Crippen LogP contribution in [0.1, 0.15) is 25.8 Å². The summed E-state index contributed by atoms with van der Waals surface area (Å²) in [5.41, 5.74) is 0.860. The number of halogens is 1. The maximum Gasteiger partial charge on any atom is 0.220 e. The number of hydrogen-bond donors (Lipinski definition) is 1. The highest BCUT2D eigenvalue weighted by Crippen LogP contribution is 2.05. The van der Waals surface area contributed by atoms with Gasteiger partial charge in [0, 0.05) is 19.5 Å². The number of nitrogens with one attached hydrogen (secondary N) is 1. The highest BCUT2D eigenvalue weighted by Gasteiger charge is 2.04. The van der Waals surface area contributed by atoms with Gasteiger partial charge in [0.1, 0.15) is 5.82 Å². The molecular weight excluding hydrogens is 243 g/mol. The van der Waals surface area contributed by atoms with E-state index in [2.05, 4.69) is 24.1 Å². The van der Waals surface area contributed by atoms with Crippen LogP contribution >= 0.6 is 0 Å². The second-order valence-electron chi connectivity index (χ2n) is 4.51. The topological polar surface area (TPSA) is 32.3 Å². The number of carbonyl (C=O) groups is 1. The first-order valence-electron chi connectivity index (χ1n) is 6.89. The Hall–Kier alpha value is -1.42. The fraction of sp³-hybridized carbons (Fsp3) is 0.533. The van der Waals surface area contributed by atoms with Gasteiger partial charge in [0.05, 0.1) is 0 Å². The van der Waals surface area contributed by atoms with Crippen LogP contribution in [0.15, 0.2) is 24.3 Å². The quantitative estimate of drug-likeness (QED) is 0.782. The average molecular weight is 266 g/mol. The van der Waals surface area contributed by atoms with Gasteiger partial charge in [-0.15, -0.1) is 0 Å². The monoisotopic (exact) mass is 266 g/mol. The molecule has 0 aliphatic rings. The fourth-order valence-corrected chi connectivity index (χ4v) is 1.93. The summed E-state index contributed by atoms with van der Waals surface area (Å²) in [7, 11) is 0. The van der Waals surface area contributed by atoms with E-state index in [1.54, 1.807) is 6.07 Å². The molecular formula is C15H23FN2O. The molecule has 3 nitrogen and oxygen atoms in total. The standard InChI is InChI=1S/C15H23FN2O/c1-3-18(4-2)11-10-17-15(19)9-8-13-6-5-7-14(16)12-13/h5-7,12H,3-4,8-11H2,1-2H3,(H,17,19). The van der Waals surface area contributed by atoms with E-state index in [0.29, 0.717) is 19.4 Å². The van der Waals surface area contributed by atoms with Crippen molar-refractivity contribution in [3.63, 3.8) is 0 Å². The number of carbonyl (C=O) groups excluding carboxylic acids is 1. The summed E-state index contributed by atoms with van der Waals surface area (Å²) in [5.74, 6) is -0.226. The van der Waals surface area contributed by atoms with Crippen LogP contribution in [0.25, 0.3) is 0 Å². The van der Waals surface area contributed by atoms with Crippen molar-refractivity contribution in [3.8, 4) is 0 Å². The third-order valence-electron chi connectivity index (χ3n) is 3.17. The predicted octanol–water partition coefficient (Wildman–Crippen LogP) is 2.22. The number of benzene rings is 1. The molecule has 0 saturated heterocycles. The summed E-state index contributed by atoms with van der Waals surface area (Å²) in [6.45, 7) is 7.75. The normalized spacial score (nSPS) is 10.7.